The van der Waals surface area contributed by atoms with Gasteiger partial charge in [-0.3, -0.25) is 9.59 Å². The summed E-state index contributed by atoms with van der Waals surface area (Å²) < 4.78 is 8.89. The highest BCUT2D eigenvalue weighted by Gasteiger charge is 2.17. The second-order valence-electron chi connectivity index (χ2n) is 3.61. The predicted molar refractivity (Wildman–Crippen MR) is 70.0 cm³/mol. The van der Waals surface area contributed by atoms with Crippen LogP contribution in [-0.2, 0) is 19.1 Å². The summed E-state index contributed by atoms with van der Waals surface area (Å²) in [6.07, 6.45) is -0.391. The van der Waals surface area contributed by atoms with E-state index < -0.39 is 24.3 Å². The van der Waals surface area contributed by atoms with Crippen molar-refractivity contribution in [3.05, 3.63) is 35.9 Å². The molecule has 0 aromatic heterocycles. The zero-order valence-electron chi connectivity index (χ0n) is 11.1. The van der Waals surface area contributed by atoms with Gasteiger partial charge in [0.05, 0.1) is 20.6 Å². The van der Waals surface area contributed by atoms with Crippen molar-refractivity contribution in [2.75, 3.05) is 14.2 Å². The third-order valence-corrected chi connectivity index (χ3v) is 2.29. The van der Waals surface area contributed by atoms with Gasteiger partial charge in [-0.05, 0) is 12.1 Å². The zero-order valence-corrected chi connectivity index (χ0v) is 11.1. The molecule has 0 atom stereocenters. The average Bonchev–Trinajstić information content (AvgIpc) is 2.50. The third-order valence-electron chi connectivity index (χ3n) is 2.29. The number of hydrogen-bond donors (Lipinski definition) is 1. The second-order valence-corrected chi connectivity index (χ2v) is 3.61. The lowest BCUT2D eigenvalue weighted by Crippen LogP contribution is -2.26. The van der Waals surface area contributed by atoms with E-state index in [2.05, 4.69) is 20.0 Å². The van der Waals surface area contributed by atoms with Crippen LogP contribution in [0.1, 0.15) is 16.8 Å². The van der Waals surface area contributed by atoms with Crippen molar-refractivity contribution in [3.8, 4) is 0 Å². The molecule has 0 bridgehead atoms. The summed E-state index contributed by atoms with van der Waals surface area (Å²) in [5.41, 5.74) is 2.31. The van der Waals surface area contributed by atoms with Crippen LogP contribution in [0.15, 0.2) is 35.4 Å². The smallest absolute Gasteiger partial charge is 0.354 e. The van der Waals surface area contributed by atoms with Crippen molar-refractivity contribution >= 4 is 23.6 Å². The van der Waals surface area contributed by atoms with Crippen LogP contribution in [0.2, 0.25) is 0 Å². The summed E-state index contributed by atoms with van der Waals surface area (Å²) in [7, 11) is 2.33. The number of amides is 1. The minimum atomic E-state index is -0.816. The molecule has 0 saturated carbocycles. The molecule has 0 aliphatic carbocycles. The Hall–Kier alpha value is -2.70. The Labute approximate surface area is 115 Å². The number of esters is 2. The Morgan fingerprint density at radius 1 is 1.10 bits per heavy atom. The Kier molecular flexibility index (Phi) is 5.89. The van der Waals surface area contributed by atoms with Crippen molar-refractivity contribution < 1.29 is 23.9 Å². The molecule has 0 heterocycles. The number of methoxy groups -OCH3 is 2. The van der Waals surface area contributed by atoms with E-state index in [4.69, 9.17) is 0 Å². The van der Waals surface area contributed by atoms with E-state index in [9.17, 15) is 14.4 Å². The van der Waals surface area contributed by atoms with Crippen molar-refractivity contribution in [1.82, 2.24) is 5.43 Å². The van der Waals surface area contributed by atoms with E-state index in [1.807, 2.05) is 0 Å². The van der Waals surface area contributed by atoms with Crippen LogP contribution in [-0.4, -0.2) is 37.8 Å². The number of nitrogens with zero attached hydrogens (tertiary/aromatic N) is 1. The molecule has 1 aromatic carbocycles. The van der Waals surface area contributed by atoms with E-state index >= 15 is 0 Å². The summed E-state index contributed by atoms with van der Waals surface area (Å²) in [6.45, 7) is 0. The van der Waals surface area contributed by atoms with Gasteiger partial charge in [0.1, 0.15) is 0 Å². The maximum absolute atomic E-state index is 11.7. The van der Waals surface area contributed by atoms with Gasteiger partial charge in [0.25, 0.3) is 5.91 Å². The Balaban J connectivity index is 2.78. The van der Waals surface area contributed by atoms with E-state index in [0.29, 0.717) is 5.56 Å². The zero-order chi connectivity index (χ0) is 15.0. The first-order valence-corrected chi connectivity index (χ1v) is 5.65. The molecule has 7 heteroatoms. The fourth-order valence-electron chi connectivity index (χ4n) is 1.26. The highest BCUT2D eigenvalue weighted by atomic mass is 16.5. The lowest BCUT2D eigenvalue weighted by molar-refractivity contribution is -0.140. The monoisotopic (exact) mass is 278 g/mol. The van der Waals surface area contributed by atoms with Crippen LogP contribution in [0.25, 0.3) is 0 Å². The summed E-state index contributed by atoms with van der Waals surface area (Å²) in [6, 6.07) is 8.31. The molecule has 0 fully saturated rings. The maximum atomic E-state index is 11.7. The van der Waals surface area contributed by atoms with E-state index in [-0.39, 0.29) is 5.71 Å². The van der Waals surface area contributed by atoms with E-state index in [1.54, 1.807) is 30.3 Å². The first-order chi connectivity index (χ1) is 9.58. The van der Waals surface area contributed by atoms with Crippen LogP contribution in [0.4, 0.5) is 0 Å². The molecule has 1 aromatic rings. The molecular weight excluding hydrogens is 264 g/mol. The van der Waals surface area contributed by atoms with Gasteiger partial charge in [-0.15, -0.1) is 0 Å². The molecule has 1 amide bonds. The minimum absolute atomic E-state index is 0.247. The summed E-state index contributed by atoms with van der Waals surface area (Å²) >= 11 is 0. The van der Waals surface area contributed by atoms with Gasteiger partial charge in [0.15, 0.2) is 5.71 Å². The van der Waals surface area contributed by atoms with Crippen molar-refractivity contribution in [2.24, 2.45) is 5.10 Å². The minimum Gasteiger partial charge on any atom is -0.469 e. The number of nitrogens with one attached hydrogen (secondary N) is 1. The number of benzene rings is 1. The van der Waals surface area contributed by atoms with Crippen LogP contribution in [0.5, 0.6) is 0 Å². The van der Waals surface area contributed by atoms with Crippen LogP contribution >= 0.6 is 0 Å². The number of ether oxygens (including phenoxy) is 2. The Morgan fingerprint density at radius 3 is 2.30 bits per heavy atom. The average molecular weight is 278 g/mol. The molecule has 20 heavy (non-hydrogen) atoms. The highest BCUT2D eigenvalue weighted by molar-refractivity contribution is 6.39. The lowest BCUT2D eigenvalue weighted by atomic mass is 10.2. The van der Waals surface area contributed by atoms with Gasteiger partial charge >= 0.3 is 11.9 Å². The normalized spacial score (nSPS) is 10.6. The first-order valence-electron chi connectivity index (χ1n) is 5.65. The molecule has 1 rings (SSSR count). The largest absolute Gasteiger partial charge is 0.469 e. The maximum Gasteiger partial charge on any atom is 0.354 e. The number of carbonyl (C=O) groups excluding carboxylic acids is 3. The van der Waals surface area contributed by atoms with Gasteiger partial charge in [-0.1, -0.05) is 18.2 Å². The predicted octanol–water partition coefficient (Wildman–Crippen LogP) is 0.508. The number of hydrazone groups is 1. The molecule has 7 nitrogen and oxygen atoms in total. The first kappa shape index (κ1) is 15.4. The topological polar surface area (TPSA) is 94.1 Å². The SMILES string of the molecule is COC(=O)C/C(=N/NC(=O)c1ccccc1)C(=O)OC. The standard InChI is InChI=1S/C13H14N2O5/c1-19-11(16)8-10(13(18)20-2)14-15-12(17)9-6-4-3-5-7-9/h3-7H,8H2,1-2H3,(H,15,17)/b14-10-. The van der Waals surface area contributed by atoms with Crippen LogP contribution < -0.4 is 5.43 Å². The molecule has 106 valence electrons. The van der Waals surface area contributed by atoms with Gasteiger partial charge in [-0.25, -0.2) is 10.2 Å². The number of carbonyl (C=O) groups is 3. The molecule has 0 saturated heterocycles. The molecule has 0 aliphatic rings. The Morgan fingerprint density at radius 2 is 1.75 bits per heavy atom. The van der Waals surface area contributed by atoms with Crippen molar-refractivity contribution in [3.63, 3.8) is 0 Å². The number of hydrogen-bond acceptors (Lipinski definition) is 6. The van der Waals surface area contributed by atoms with Crippen LogP contribution in [0, 0.1) is 0 Å². The summed E-state index contributed by atoms with van der Waals surface area (Å²) in [4.78, 5) is 34.3. The molecule has 0 aliphatic heterocycles. The third kappa shape index (κ3) is 4.52. The molecule has 1 N–H and O–H groups in total. The summed E-state index contributed by atoms with van der Waals surface area (Å²) in [5, 5.41) is 3.60. The van der Waals surface area contributed by atoms with Gasteiger partial charge in [0, 0.05) is 5.56 Å². The van der Waals surface area contributed by atoms with E-state index in [1.165, 1.54) is 7.11 Å². The highest BCUT2D eigenvalue weighted by Crippen LogP contribution is 1.98. The fraction of sp³-hybridized carbons (Fsp3) is 0.231. The van der Waals surface area contributed by atoms with Crippen molar-refractivity contribution in [2.45, 2.75) is 6.42 Å². The second kappa shape index (κ2) is 7.67. The van der Waals surface area contributed by atoms with Gasteiger partial charge in [0.2, 0.25) is 0 Å². The molecular formula is C13H14N2O5. The quantitative estimate of drug-likeness (QED) is 0.481. The molecule has 0 unspecified atom stereocenters. The fourth-order valence-corrected chi connectivity index (χ4v) is 1.26. The Bertz CT molecular complexity index is 525. The number of rotatable bonds is 5. The lowest BCUT2D eigenvalue weighted by Gasteiger charge is -2.04. The van der Waals surface area contributed by atoms with E-state index in [0.717, 1.165) is 7.11 Å². The molecule has 0 spiro atoms. The van der Waals surface area contributed by atoms with Gasteiger partial charge < -0.3 is 9.47 Å². The summed E-state index contributed by atoms with van der Waals surface area (Å²) in [5.74, 6) is -1.98. The van der Waals surface area contributed by atoms with Crippen molar-refractivity contribution in [1.29, 1.82) is 0 Å². The molecule has 0 radical (unpaired) electrons. The van der Waals surface area contributed by atoms with Gasteiger partial charge in [-0.2, -0.15) is 5.10 Å². The van der Waals surface area contributed by atoms with Crippen LogP contribution in [0.3, 0.4) is 0 Å².